The Hall–Kier alpha value is -2.22. The summed E-state index contributed by atoms with van der Waals surface area (Å²) in [6, 6.07) is 1.55. The van der Waals surface area contributed by atoms with Crippen LogP contribution in [0.25, 0.3) is 0 Å². The predicted octanol–water partition coefficient (Wildman–Crippen LogP) is 0.724. The molecule has 3 heterocycles. The molecule has 1 saturated heterocycles. The number of likely N-dealkylation sites (tertiary alicyclic amines) is 1. The third kappa shape index (κ3) is 3.18. The van der Waals surface area contributed by atoms with Gasteiger partial charge >= 0.3 is 5.69 Å². The van der Waals surface area contributed by atoms with E-state index in [-0.39, 0.29) is 17.2 Å². The Morgan fingerprint density at radius 3 is 2.72 bits per heavy atom. The third-order valence-corrected chi connectivity index (χ3v) is 5.27. The molecule has 0 unspecified atom stereocenters. The van der Waals surface area contributed by atoms with E-state index in [1.54, 1.807) is 17.7 Å². The number of nitrogens with zero attached hydrogens (tertiary/aromatic N) is 5. The molecule has 0 N–H and O–H groups in total. The normalized spacial score (nSPS) is 21.6. The molecule has 1 atom stereocenters. The molecule has 2 aromatic rings. The predicted molar refractivity (Wildman–Crippen MR) is 90.4 cm³/mol. The average Bonchev–Trinajstić information content (AvgIpc) is 3.35. The zero-order valence-corrected chi connectivity index (χ0v) is 14.6. The van der Waals surface area contributed by atoms with E-state index in [9.17, 15) is 9.59 Å². The molecule has 25 heavy (non-hydrogen) atoms. The van der Waals surface area contributed by atoms with Crippen molar-refractivity contribution < 1.29 is 4.52 Å². The zero-order chi connectivity index (χ0) is 17.6. The summed E-state index contributed by atoms with van der Waals surface area (Å²) in [5, 5.41) is 4.18. The Morgan fingerprint density at radius 1 is 1.16 bits per heavy atom. The van der Waals surface area contributed by atoms with E-state index in [2.05, 4.69) is 15.0 Å². The fourth-order valence-electron chi connectivity index (χ4n) is 3.48. The van der Waals surface area contributed by atoms with Crippen molar-refractivity contribution in [3.63, 3.8) is 0 Å². The van der Waals surface area contributed by atoms with Gasteiger partial charge in [-0.1, -0.05) is 5.16 Å². The van der Waals surface area contributed by atoms with Gasteiger partial charge in [-0.25, -0.2) is 4.79 Å². The van der Waals surface area contributed by atoms with Crippen LogP contribution in [-0.2, 0) is 20.6 Å². The van der Waals surface area contributed by atoms with E-state index < -0.39 is 0 Å². The lowest BCUT2D eigenvalue weighted by molar-refractivity contribution is 0.190. The second kappa shape index (κ2) is 6.25. The van der Waals surface area contributed by atoms with Gasteiger partial charge in [0.25, 0.3) is 5.56 Å². The van der Waals surface area contributed by atoms with E-state index in [4.69, 9.17) is 4.52 Å². The van der Waals surface area contributed by atoms with Crippen molar-refractivity contribution in [2.75, 3.05) is 13.1 Å². The quantitative estimate of drug-likeness (QED) is 0.812. The first-order chi connectivity index (χ1) is 12.0. The minimum atomic E-state index is -0.289. The molecule has 0 amide bonds. The largest absolute Gasteiger partial charge is 0.339 e. The van der Waals surface area contributed by atoms with Crippen LogP contribution >= 0.6 is 0 Å². The van der Waals surface area contributed by atoms with Crippen LogP contribution in [0.3, 0.4) is 0 Å². The summed E-state index contributed by atoms with van der Waals surface area (Å²) in [4.78, 5) is 30.8. The van der Waals surface area contributed by atoms with E-state index in [1.165, 1.54) is 7.05 Å². The van der Waals surface area contributed by atoms with Gasteiger partial charge in [-0.3, -0.25) is 18.8 Å². The topological polar surface area (TPSA) is 86.2 Å². The van der Waals surface area contributed by atoms with Crippen molar-refractivity contribution in [1.82, 2.24) is 24.2 Å². The molecule has 2 aliphatic rings. The van der Waals surface area contributed by atoms with Crippen LogP contribution in [0.1, 0.15) is 54.9 Å². The number of rotatable bonds is 4. The maximum Gasteiger partial charge on any atom is 0.330 e. The summed E-state index contributed by atoms with van der Waals surface area (Å²) >= 11 is 0. The number of piperidine rings is 1. The van der Waals surface area contributed by atoms with Crippen LogP contribution < -0.4 is 11.2 Å². The molecule has 0 spiro atoms. The van der Waals surface area contributed by atoms with Gasteiger partial charge < -0.3 is 4.52 Å². The molecule has 2 aromatic heterocycles. The van der Waals surface area contributed by atoms with Gasteiger partial charge in [-0.2, -0.15) is 4.98 Å². The highest BCUT2D eigenvalue weighted by molar-refractivity contribution is 5.07. The van der Waals surface area contributed by atoms with Gasteiger partial charge in [0.15, 0.2) is 5.82 Å². The van der Waals surface area contributed by atoms with Crippen molar-refractivity contribution in [3.05, 3.63) is 44.3 Å². The molecular formula is C17H23N5O3. The fourth-order valence-corrected chi connectivity index (χ4v) is 3.48. The van der Waals surface area contributed by atoms with Crippen LogP contribution in [0, 0.1) is 0 Å². The van der Waals surface area contributed by atoms with Gasteiger partial charge in [0.1, 0.15) is 0 Å². The number of hydrogen-bond acceptors (Lipinski definition) is 6. The van der Waals surface area contributed by atoms with E-state index in [0.29, 0.717) is 12.5 Å². The van der Waals surface area contributed by atoms with Crippen molar-refractivity contribution in [2.24, 2.45) is 14.1 Å². The zero-order valence-electron chi connectivity index (χ0n) is 14.6. The van der Waals surface area contributed by atoms with E-state index >= 15 is 0 Å². The van der Waals surface area contributed by atoms with Gasteiger partial charge in [0.2, 0.25) is 5.89 Å². The second-order valence-corrected chi connectivity index (χ2v) is 7.21. The lowest BCUT2D eigenvalue weighted by Crippen LogP contribution is -2.41. The highest BCUT2D eigenvalue weighted by Gasteiger charge is 2.32. The lowest BCUT2D eigenvalue weighted by atomic mass is 9.97. The third-order valence-electron chi connectivity index (χ3n) is 5.27. The van der Waals surface area contributed by atoms with Crippen LogP contribution in [0.2, 0.25) is 0 Å². The van der Waals surface area contributed by atoms with Crippen molar-refractivity contribution in [1.29, 1.82) is 0 Å². The first-order valence-corrected chi connectivity index (χ1v) is 8.84. The molecule has 1 saturated carbocycles. The average molecular weight is 345 g/mol. The number of hydrogen-bond donors (Lipinski definition) is 0. The van der Waals surface area contributed by atoms with Crippen molar-refractivity contribution >= 4 is 0 Å². The van der Waals surface area contributed by atoms with Crippen LogP contribution in [0.4, 0.5) is 0 Å². The van der Waals surface area contributed by atoms with E-state index in [1.807, 2.05) is 0 Å². The van der Waals surface area contributed by atoms with Gasteiger partial charge in [0.05, 0.1) is 0 Å². The first-order valence-electron chi connectivity index (χ1n) is 8.84. The van der Waals surface area contributed by atoms with Crippen molar-refractivity contribution in [3.8, 4) is 0 Å². The molecule has 4 rings (SSSR count). The molecule has 8 nitrogen and oxygen atoms in total. The Bertz CT molecular complexity index is 892. The molecule has 0 radical (unpaired) electrons. The van der Waals surface area contributed by atoms with Crippen LogP contribution in [0.5, 0.6) is 0 Å². The summed E-state index contributed by atoms with van der Waals surface area (Å²) < 4.78 is 8.06. The Morgan fingerprint density at radius 2 is 1.96 bits per heavy atom. The maximum absolute atomic E-state index is 12.1. The molecular weight excluding hydrogens is 322 g/mol. The Kier molecular flexibility index (Phi) is 4.07. The van der Waals surface area contributed by atoms with E-state index in [0.717, 1.165) is 60.7 Å². The summed E-state index contributed by atoms with van der Waals surface area (Å²) in [6.07, 6.45) is 4.37. The van der Waals surface area contributed by atoms with Gasteiger partial charge in [-0.05, 0) is 32.2 Å². The van der Waals surface area contributed by atoms with Crippen LogP contribution in [0.15, 0.2) is 20.2 Å². The highest BCUT2D eigenvalue weighted by atomic mass is 16.5. The molecule has 0 aromatic carbocycles. The summed E-state index contributed by atoms with van der Waals surface area (Å²) in [7, 11) is 3.21. The van der Waals surface area contributed by atoms with Crippen LogP contribution in [-0.4, -0.2) is 37.3 Å². The highest BCUT2D eigenvalue weighted by Crippen LogP contribution is 2.39. The SMILES string of the molecule is Cn1c(CN2CCC[C@H](c3noc(C4CC4)n3)C2)cc(=O)n(C)c1=O. The van der Waals surface area contributed by atoms with Crippen molar-refractivity contribution in [2.45, 2.75) is 44.1 Å². The standard InChI is InChI=1S/C17H23N5O3/c1-20-13(8-14(23)21(2)17(20)24)10-22-7-3-4-12(9-22)15-18-16(25-19-15)11-5-6-11/h8,11-12H,3-7,9-10H2,1-2H3/t12-/m0/s1. The fraction of sp³-hybridized carbons (Fsp3) is 0.647. The summed E-state index contributed by atoms with van der Waals surface area (Å²) in [5.41, 5.74) is 0.183. The molecule has 134 valence electrons. The van der Waals surface area contributed by atoms with Gasteiger partial charge in [0, 0.05) is 50.8 Å². The summed E-state index contributed by atoms with van der Waals surface area (Å²) in [6.45, 7) is 2.33. The molecule has 0 bridgehead atoms. The molecule has 1 aliphatic heterocycles. The Labute approximate surface area is 145 Å². The maximum atomic E-state index is 12.1. The molecule has 1 aliphatic carbocycles. The Balaban J connectivity index is 1.50. The smallest absolute Gasteiger partial charge is 0.330 e. The van der Waals surface area contributed by atoms with Gasteiger partial charge in [-0.15, -0.1) is 0 Å². The molecule has 2 fully saturated rings. The second-order valence-electron chi connectivity index (χ2n) is 7.21. The monoisotopic (exact) mass is 345 g/mol. The summed E-state index contributed by atoms with van der Waals surface area (Å²) in [5.74, 6) is 2.29. The first kappa shape index (κ1) is 16.3. The minimum absolute atomic E-state index is 0.244. The minimum Gasteiger partial charge on any atom is -0.339 e. The molecule has 8 heteroatoms. The lowest BCUT2D eigenvalue weighted by Gasteiger charge is -2.31. The number of aromatic nitrogens is 4.